The largest absolute Gasteiger partial charge is 0.496 e. The van der Waals surface area contributed by atoms with Crippen molar-refractivity contribution in [1.29, 1.82) is 0 Å². The van der Waals surface area contributed by atoms with Crippen LogP contribution in [0.15, 0.2) is 16.6 Å². The van der Waals surface area contributed by atoms with Gasteiger partial charge in [0.05, 0.1) is 11.6 Å². The molecule has 0 amide bonds. The molecule has 1 aromatic carbocycles. The Morgan fingerprint density at radius 1 is 1.53 bits per heavy atom. The summed E-state index contributed by atoms with van der Waals surface area (Å²) in [5.74, 6) is 0.942. The molecule has 0 heterocycles. The Labute approximate surface area is 109 Å². The van der Waals surface area contributed by atoms with Crippen LogP contribution in [0.25, 0.3) is 0 Å². The highest BCUT2D eigenvalue weighted by Gasteiger charge is 2.23. The Hall–Kier alpha value is -0.610. The highest BCUT2D eigenvalue weighted by Crippen LogP contribution is 2.37. The summed E-state index contributed by atoms with van der Waals surface area (Å²) in [7, 11) is 1.54. The number of hydrogen-bond donors (Lipinski definition) is 1. The van der Waals surface area contributed by atoms with E-state index < -0.39 is 0 Å². The van der Waals surface area contributed by atoms with Crippen molar-refractivity contribution in [3.05, 3.63) is 28.0 Å². The van der Waals surface area contributed by atoms with Crippen molar-refractivity contribution in [2.75, 3.05) is 7.11 Å². The van der Waals surface area contributed by atoms with E-state index in [1.54, 1.807) is 13.2 Å². The first-order valence-electron chi connectivity index (χ1n) is 5.90. The molecule has 1 aromatic rings. The minimum atomic E-state index is -0.318. The molecule has 1 aliphatic rings. The third-order valence-electron chi connectivity index (χ3n) is 3.48. The molecule has 94 valence electrons. The molecule has 0 radical (unpaired) electrons. The Balaban J connectivity index is 2.19. The Kier molecular flexibility index (Phi) is 4.05. The van der Waals surface area contributed by atoms with Crippen LogP contribution in [0.1, 0.15) is 37.3 Å². The van der Waals surface area contributed by atoms with Crippen LogP contribution < -0.4 is 10.5 Å². The molecule has 1 fully saturated rings. The maximum absolute atomic E-state index is 13.4. The molecular weight excluding hydrogens is 285 g/mol. The van der Waals surface area contributed by atoms with Crippen molar-refractivity contribution < 1.29 is 9.13 Å². The van der Waals surface area contributed by atoms with Crippen LogP contribution in [-0.4, -0.2) is 7.11 Å². The van der Waals surface area contributed by atoms with E-state index in [1.165, 1.54) is 25.3 Å². The number of halogens is 2. The molecule has 17 heavy (non-hydrogen) atoms. The Bertz CT molecular complexity index is 407. The number of rotatable bonds is 4. The first-order valence-corrected chi connectivity index (χ1v) is 6.69. The van der Waals surface area contributed by atoms with Gasteiger partial charge in [-0.05, 0) is 34.3 Å². The highest BCUT2D eigenvalue weighted by atomic mass is 79.9. The summed E-state index contributed by atoms with van der Waals surface area (Å²) < 4.78 is 19.0. The lowest BCUT2D eigenvalue weighted by Crippen LogP contribution is -2.20. The van der Waals surface area contributed by atoms with E-state index in [2.05, 4.69) is 15.9 Å². The predicted molar refractivity (Wildman–Crippen MR) is 69.5 cm³/mol. The zero-order valence-electron chi connectivity index (χ0n) is 9.88. The number of ether oxygens (including phenoxy) is 1. The Morgan fingerprint density at radius 3 is 2.76 bits per heavy atom. The first kappa shape index (κ1) is 12.8. The van der Waals surface area contributed by atoms with Crippen LogP contribution in [0.2, 0.25) is 0 Å². The number of nitrogens with two attached hydrogens (primary N) is 1. The van der Waals surface area contributed by atoms with Crippen LogP contribution in [-0.2, 0) is 0 Å². The van der Waals surface area contributed by atoms with Gasteiger partial charge in [-0.25, -0.2) is 4.39 Å². The van der Waals surface area contributed by atoms with Crippen molar-refractivity contribution in [3.8, 4) is 5.75 Å². The number of benzene rings is 1. The van der Waals surface area contributed by atoms with Gasteiger partial charge in [0.15, 0.2) is 0 Å². The molecule has 1 unspecified atom stereocenters. The Morgan fingerprint density at radius 2 is 2.24 bits per heavy atom. The third kappa shape index (κ3) is 2.80. The fraction of sp³-hybridized carbons (Fsp3) is 0.538. The molecular formula is C13H17BrFNO. The maximum Gasteiger partial charge on any atom is 0.141 e. The molecule has 2 N–H and O–H groups in total. The number of hydrogen-bond acceptors (Lipinski definition) is 2. The average molecular weight is 302 g/mol. The van der Waals surface area contributed by atoms with Gasteiger partial charge in [0.25, 0.3) is 0 Å². The van der Waals surface area contributed by atoms with Gasteiger partial charge in [-0.1, -0.05) is 19.3 Å². The summed E-state index contributed by atoms with van der Waals surface area (Å²) in [6.45, 7) is 0. The van der Waals surface area contributed by atoms with Gasteiger partial charge in [0, 0.05) is 17.7 Å². The van der Waals surface area contributed by atoms with E-state index in [0.29, 0.717) is 10.2 Å². The fourth-order valence-corrected chi connectivity index (χ4v) is 2.59. The SMILES string of the molecule is COc1cc(F)c(Br)cc1C(N)CC1CCC1. The van der Waals surface area contributed by atoms with Gasteiger partial charge in [0.1, 0.15) is 11.6 Å². The van der Waals surface area contributed by atoms with E-state index in [-0.39, 0.29) is 11.9 Å². The van der Waals surface area contributed by atoms with Gasteiger partial charge >= 0.3 is 0 Å². The molecule has 0 bridgehead atoms. The van der Waals surface area contributed by atoms with Gasteiger partial charge in [0.2, 0.25) is 0 Å². The van der Waals surface area contributed by atoms with Crippen LogP contribution in [0.3, 0.4) is 0 Å². The van der Waals surface area contributed by atoms with E-state index in [0.717, 1.165) is 17.9 Å². The zero-order valence-corrected chi connectivity index (χ0v) is 11.5. The summed E-state index contributed by atoms with van der Waals surface area (Å²) in [6, 6.07) is 3.05. The molecule has 0 aliphatic heterocycles. The smallest absolute Gasteiger partial charge is 0.141 e. The fourth-order valence-electron chi connectivity index (χ4n) is 2.23. The second-order valence-electron chi connectivity index (χ2n) is 4.65. The molecule has 2 rings (SSSR count). The molecule has 4 heteroatoms. The van der Waals surface area contributed by atoms with Gasteiger partial charge in [-0.15, -0.1) is 0 Å². The lowest BCUT2D eigenvalue weighted by atomic mass is 9.80. The van der Waals surface area contributed by atoms with Crippen LogP contribution in [0, 0.1) is 11.7 Å². The average Bonchev–Trinajstić information content (AvgIpc) is 2.26. The van der Waals surface area contributed by atoms with Gasteiger partial charge in [-0.2, -0.15) is 0 Å². The molecule has 1 saturated carbocycles. The van der Waals surface area contributed by atoms with E-state index in [1.807, 2.05) is 0 Å². The topological polar surface area (TPSA) is 35.2 Å². The zero-order chi connectivity index (χ0) is 12.4. The lowest BCUT2D eigenvalue weighted by Gasteiger charge is -2.28. The second-order valence-corrected chi connectivity index (χ2v) is 5.50. The third-order valence-corrected chi connectivity index (χ3v) is 4.09. The quantitative estimate of drug-likeness (QED) is 0.918. The molecule has 0 aromatic heterocycles. The van der Waals surface area contributed by atoms with Crippen molar-refractivity contribution >= 4 is 15.9 Å². The minimum Gasteiger partial charge on any atom is -0.496 e. The minimum absolute atomic E-state index is 0.0767. The van der Waals surface area contributed by atoms with E-state index >= 15 is 0 Å². The summed E-state index contributed by atoms with van der Waals surface area (Å²) in [5, 5.41) is 0. The van der Waals surface area contributed by atoms with Gasteiger partial charge < -0.3 is 10.5 Å². The predicted octanol–water partition coefficient (Wildman–Crippen LogP) is 3.79. The van der Waals surface area contributed by atoms with Crippen LogP contribution in [0.4, 0.5) is 4.39 Å². The monoisotopic (exact) mass is 301 g/mol. The van der Waals surface area contributed by atoms with Crippen molar-refractivity contribution in [1.82, 2.24) is 0 Å². The lowest BCUT2D eigenvalue weighted by molar-refractivity contribution is 0.275. The maximum atomic E-state index is 13.4. The first-order chi connectivity index (χ1) is 8.11. The van der Waals surface area contributed by atoms with Crippen LogP contribution in [0.5, 0.6) is 5.75 Å². The highest BCUT2D eigenvalue weighted by molar-refractivity contribution is 9.10. The van der Waals surface area contributed by atoms with Crippen molar-refractivity contribution in [2.45, 2.75) is 31.7 Å². The number of methoxy groups -OCH3 is 1. The normalized spacial score (nSPS) is 17.6. The summed E-state index contributed by atoms with van der Waals surface area (Å²) in [5.41, 5.74) is 7.06. The van der Waals surface area contributed by atoms with Crippen molar-refractivity contribution in [2.24, 2.45) is 11.7 Å². The van der Waals surface area contributed by atoms with Crippen molar-refractivity contribution in [3.63, 3.8) is 0 Å². The van der Waals surface area contributed by atoms with E-state index in [4.69, 9.17) is 10.5 Å². The summed E-state index contributed by atoms with van der Waals surface area (Å²) in [6.07, 6.45) is 4.78. The molecule has 2 nitrogen and oxygen atoms in total. The molecule has 1 atom stereocenters. The molecule has 0 spiro atoms. The molecule has 0 saturated heterocycles. The summed E-state index contributed by atoms with van der Waals surface area (Å²) >= 11 is 3.19. The standard InChI is InChI=1S/C13H17BrFNO/c1-17-13-7-11(15)10(14)6-9(13)12(16)5-8-3-2-4-8/h6-8,12H,2-5,16H2,1H3. The van der Waals surface area contributed by atoms with Crippen LogP contribution >= 0.6 is 15.9 Å². The molecule has 1 aliphatic carbocycles. The second kappa shape index (κ2) is 5.36. The van der Waals surface area contributed by atoms with E-state index in [9.17, 15) is 4.39 Å². The van der Waals surface area contributed by atoms with Gasteiger partial charge in [-0.3, -0.25) is 0 Å². The summed E-state index contributed by atoms with van der Waals surface area (Å²) in [4.78, 5) is 0.